The first-order chi connectivity index (χ1) is 34.7. The van der Waals surface area contributed by atoms with E-state index in [-0.39, 0.29) is 54.6 Å². The Morgan fingerprint density at radius 2 is 0.930 bits per heavy atom. The number of rotatable bonds is 30. The molecule has 2 aliphatic rings. The average Bonchev–Trinajstić information content (AvgIpc) is 3.39. The maximum Gasteiger partial charge on any atom is 0.330 e. The summed E-state index contributed by atoms with van der Waals surface area (Å²) in [6.45, 7) is 8.95. The fourth-order valence-corrected chi connectivity index (χ4v) is 7.86. The van der Waals surface area contributed by atoms with E-state index in [1.54, 1.807) is 60.7 Å². The topological polar surface area (TPSA) is 178 Å². The Morgan fingerprint density at radius 1 is 0.493 bits per heavy atom. The van der Waals surface area contributed by atoms with Crippen LogP contribution in [0.2, 0.25) is 0 Å². The first-order valence-corrected chi connectivity index (χ1v) is 24.9. The van der Waals surface area contributed by atoms with Crippen LogP contribution in [0.3, 0.4) is 0 Å². The summed E-state index contributed by atoms with van der Waals surface area (Å²) in [5.41, 5.74) is 0. The summed E-state index contributed by atoms with van der Waals surface area (Å²) in [6.07, 6.45) is 18.0. The number of hydrogen-bond donors (Lipinski definition) is 0. The van der Waals surface area contributed by atoms with Crippen LogP contribution in [0.25, 0.3) is 0 Å². The molecule has 0 unspecified atom stereocenters. The van der Waals surface area contributed by atoms with Gasteiger partial charge in [-0.25, -0.2) is 9.59 Å². The van der Waals surface area contributed by atoms with Crippen LogP contribution < -0.4 is 28.6 Å². The van der Waals surface area contributed by atoms with E-state index in [0.717, 1.165) is 88.9 Å². The fraction of sp³-hybridized carbons (Fsp3) is 0.482. The molecule has 3 aromatic rings. The quantitative estimate of drug-likeness (QED) is 0.00900. The van der Waals surface area contributed by atoms with Gasteiger partial charge in [0.25, 0.3) is 0 Å². The van der Waals surface area contributed by atoms with Crippen molar-refractivity contribution in [3.63, 3.8) is 0 Å². The van der Waals surface area contributed by atoms with Crippen molar-refractivity contribution in [2.45, 2.75) is 109 Å². The average molecular weight is 981 g/mol. The molecular weight excluding hydrogens is 913 g/mol. The lowest BCUT2D eigenvalue weighted by Crippen LogP contribution is -2.27. The van der Waals surface area contributed by atoms with Crippen LogP contribution in [-0.2, 0) is 43.1 Å². The second kappa shape index (κ2) is 32.2. The van der Waals surface area contributed by atoms with Gasteiger partial charge < -0.3 is 42.8 Å². The molecule has 0 amide bonds. The Hall–Kier alpha value is -6.79. The molecule has 71 heavy (non-hydrogen) atoms. The van der Waals surface area contributed by atoms with Crippen molar-refractivity contribution >= 4 is 29.8 Å². The molecule has 0 aliphatic heterocycles. The molecule has 2 aliphatic carbocycles. The molecule has 15 heteroatoms. The predicted molar refractivity (Wildman–Crippen MR) is 262 cm³/mol. The highest BCUT2D eigenvalue weighted by atomic mass is 17.2. The summed E-state index contributed by atoms with van der Waals surface area (Å²) in [7, 11) is 0. The molecule has 3 aromatic carbocycles. The van der Waals surface area contributed by atoms with Gasteiger partial charge in [-0.15, -0.1) is 0 Å². The van der Waals surface area contributed by atoms with Gasteiger partial charge in [0.15, 0.2) is 5.75 Å². The molecule has 0 spiro atoms. The lowest BCUT2D eigenvalue weighted by molar-refractivity contribution is -0.218. The summed E-state index contributed by atoms with van der Waals surface area (Å²) in [6, 6.07) is 21.2. The van der Waals surface area contributed by atoms with Gasteiger partial charge in [0, 0.05) is 18.1 Å². The first-order valence-electron chi connectivity index (χ1n) is 24.9. The van der Waals surface area contributed by atoms with Crippen molar-refractivity contribution in [3.05, 3.63) is 98.1 Å². The van der Waals surface area contributed by atoms with E-state index in [2.05, 4.69) is 25.2 Å². The van der Waals surface area contributed by atoms with Gasteiger partial charge in [0.05, 0.1) is 51.3 Å². The van der Waals surface area contributed by atoms with Gasteiger partial charge in [-0.3, -0.25) is 14.4 Å². The van der Waals surface area contributed by atoms with Crippen LogP contribution in [0.4, 0.5) is 0 Å². The van der Waals surface area contributed by atoms with Crippen LogP contribution in [0.15, 0.2) is 98.1 Å². The molecule has 2 saturated carbocycles. The molecule has 0 radical (unpaired) electrons. The van der Waals surface area contributed by atoms with Crippen LogP contribution in [0.1, 0.15) is 109 Å². The molecule has 0 N–H and O–H groups in total. The molecule has 0 aromatic heterocycles. The molecule has 2 fully saturated rings. The van der Waals surface area contributed by atoms with Gasteiger partial charge in [0.1, 0.15) is 41.5 Å². The Bertz CT molecular complexity index is 2160. The highest BCUT2D eigenvalue weighted by molar-refractivity contribution is 5.81. The lowest BCUT2D eigenvalue weighted by Gasteiger charge is -2.26. The normalized spacial score (nSPS) is 17.2. The zero-order chi connectivity index (χ0) is 50.3. The largest absolute Gasteiger partial charge is 0.494 e. The van der Waals surface area contributed by atoms with Crippen LogP contribution >= 0.6 is 0 Å². The number of carbonyl (C=O) groups is 5. The van der Waals surface area contributed by atoms with Crippen LogP contribution in [-0.4, -0.2) is 69.5 Å². The minimum Gasteiger partial charge on any atom is -0.494 e. The van der Waals surface area contributed by atoms with Gasteiger partial charge in [-0.1, -0.05) is 19.1 Å². The van der Waals surface area contributed by atoms with Crippen molar-refractivity contribution in [2.24, 2.45) is 23.7 Å². The van der Waals surface area contributed by atoms with E-state index in [9.17, 15) is 24.0 Å². The summed E-state index contributed by atoms with van der Waals surface area (Å²) >= 11 is 0. The molecule has 15 nitrogen and oxygen atoms in total. The third kappa shape index (κ3) is 22.2. The highest BCUT2D eigenvalue weighted by Gasteiger charge is 2.29. The lowest BCUT2D eigenvalue weighted by atomic mass is 9.82. The van der Waals surface area contributed by atoms with Gasteiger partial charge >= 0.3 is 29.8 Å². The van der Waals surface area contributed by atoms with Gasteiger partial charge in [-0.05, 0) is 181 Å². The first kappa shape index (κ1) is 55.1. The minimum atomic E-state index is -0.566. The maximum atomic E-state index is 13.0. The third-order valence-electron chi connectivity index (χ3n) is 12.0. The molecule has 0 bridgehead atoms. The molecule has 0 saturated heterocycles. The van der Waals surface area contributed by atoms with Crippen molar-refractivity contribution in [2.75, 3.05) is 39.6 Å². The molecule has 0 atom stereocenters. The summed E-state index contributed by atoms with van der Waals surface area (Å²) < 4.78 is 43.5. The fourth-order valence-electron chi connectivity index (χ4n) is 7.86. The number of ether oxygens (including phenoxy) is 8. The Balaban J connectivity index is 0.859. The van der Waals surface area contributed by atoms with Gasteiger partial charge in [0.2, 0.25) is 0 Å². The van der Waals surface area contributed by atoms with Gasteiger partial charge in [-0.2, -0.15) is 4.89 Å². The SMILES string of the molecule is C=CC(=O)OCCCCCCOc1ccc(OOCC2CCC(C(=O)Oc3ccc(OC#CC4CCC(C(=O)Oc5ccc(OCCCCCCOC(=O)CCOC(=O)C=C)cc5)CC4)cc3)CC2)cc1. The van der Waals surface area contributed by atoms with E-state index in [0.29, 0.717) is 87.5 Å². The number of benzene rings is 3. The Labute approximate surface area is 417 Å². The van der Waals surface area contributed by atoms with E-state index in [4.69, 9.17) is 47.7 Å². The van der Waals surface area contributed by atoms with E-state index >= 15 is 0 Å². The van der Waals surface area contributed by atoms with Crippen molar-refractivity contribution in [1.82, 2.24) is 0 Å². The highest BCUT2D eigenvalue weighted by Crippen LogP contribution is 2.32. The maximum absolute atomic E-state index is 13.0. The van der Waals surface area contributed by atoms with E-state index in [1.807, 2.05) is 12.1 Å². The summed E-state index contributed by atoms with van der Waals surface area (Å²) in [5.74, 6) is 4.82. The minimum absolute atomic E-state index is 0.0179. The second-order valence-corrected chi connectivity index (χ2v) is 17.5. The zero-order valence-electron chi connectivity index (χ0n) is 40.7. The van der Waals surface area contributed by atoms with Crippen molar-refractivity contribution in [3.8, 4) is 46.5 Å². The Morgan fingerprint density at radius 3 is 1.45 bits per heavy atom. The third-order valence-corrected chi connectivity index (χ3v) is 12.0. The van der Waals surface area contributed by atoms with E-state index in [1.165, 1.54) is 6.08 Å². The molecular formula is C56H68O15. The zero-order valence-corrected chi connectivity index (χ0v) is 40.7. The van der Waals surface area contributed by atoms with Crippen molar-refractivity contribution < 1.29 is 71.6 Å². The second-order valence-electron chi connectivity index (χ2n) is 17.5. The standard InChI is InChI=1S/C56H68O15/c1-3-52(57)65-37-11-7-5-9-36-63-47-25-31-51(32-26-47)71-68-41-43-15-19-45(20-16-43)56(61)70-50-29-23-48(24-30-50)64-39-33-42-13-17-44(18-14-42)55(60)69-49-27-21-46(22-28-49)62-35-10-6-8-12-38-66-54(59)34-40-67-53(58)4-2/h3-4,21-32,42-45H,1-2,5-20,34-38,40-41H2. The van der Waals surface area contributed by atoms with Crippen LogP contribution in [0, 0.1) is 35.7 Å². The molecule has 0 heterocycles. The summed E-state index contributed by atoms with van der Waals surface area (Å²) in [4.78, 5) is 70.7. The monoisotopic (exact) mass is 980 g/mol. The number of carbonyl (C=O) groups excluding carboxylic acids is 5. The smallest absolute Gasteiger partial charge is 0.330 e. The van der Waals surface area contributed by atoms with Crippen LogP contribution in [0.5, 0.6) is 34.5 Å². The molecule has 382 valence electrons. The molecule has 5 rings (SSSR count). The number of esters is 5. The predicted octanol–water partition coefficient (Wildman–Crippen LogP) is 10.4. The summed E-state index contributed by atoms with van der Waals surface area (Å²) in [5, 5.41) is 0. The van der Waals surface area contributed by atoms with Crippen molar-refractivity contribution in [1.29, 1.82) is 0 Å². The Kier molecular flexibility index (Phi) is 25.0. The van der Waals surface area contributed by atoms with E-state index < -0.39 is 11.9 Å². The number of unbranched alkanes of at least 4 members (excludes halogenated alkanes) is 6. The number of hydrogen-bond acceptors (Lipinski definition) is 15.